The first-order valence-corrected chi connectivity index (χ1v) is 7.35. The van der Waals surface area contributed by atoms with E-state index in [-0.39, 0.29) is 17.8 Å². The molecule has 1 heterocycles. The summed E-state index contributed by atoms with van der Waals surface area (Å²) in [6, 6.07) is 13.6. The highest BCUT2D eigenvalue weighted by molar-refractivity contribution is 6.03. The van der Waals surface area contributed by atoms with E-state index >= 15 is 0 Å². The predicted octanol–water partition coefficient (Wildman–Crippen LogP) is 3.53. The molecule has 4 nitrogen and oxygen atoms in total. The lowest BCUT2D eigenvalue weighted by Crippen LogP contribution is -2.24. The molecule has 1 aliphatic heterocycles. The largest absolute Gasteiger partial charge is 0.497 e. The van der Waals surface area contributed by atoms with E-state index in [1.807, 2.05) is 24.3 Å². The number of halogens is 1. The van der Waals surface area contributed by atoms with Gasteiger partial charge in [0.15, 0.2) is 0 Å². The number of carbonyl (C=O) groups excluding carboxylic acids is 1. The van der Waals surface area contributed by atoms with Gasteiger partial charge in [0, 0.05) is 13.3 Å². The summed E-state index contributed by atoms with van der Waals surface area (Å²) in [6.07, 6.45) is 0.595. The number of ether oxygens (including phenoxy) is 1. The van der Waals surface area contributed by atoms with Gasteiger partial charge in [-0.1, -0.05) is 12.1 Å². The molecule has 0 aromatic heterocycles. The Hall–Kier alpha value is -2.69. The molecular weight excluding hydrogens is 295 g/mol. The van der Waals surface area contributed by atoms with Crippen molar-refractivity contribution in [2.45, 2.75) is 19.4 Å². The maximum Gasteiger partial charge on any atom is 0.240 e. The first-order valence-electron chi connectivity index (χ1n) is 7.35. The molecule has 1 atom stereocenters. The molecule has 23 heavy (non-hydrogen) atoms. The number of rotatable bonds is 3. The van der Waals surface area contributed by atoms with Gasteiger partial charge < -0.3 is 4.74 Å². The van der Waals surface area contributed by atoms with Crippen LogP contribution in [0.1, 0.15) is 30.5 Å². The summed E-state index contributed by atoms with van der Waals surface area (Å²) >= 11 is 0. The van der Waals surface area contributed by atoms with Crippen molar-refractivity contribution in [1.29, 1.82) is 0 Å². The summed E-state index contributed by atoms with van der Waals surface area (Å²) in [5, 5.41) is 5.92. The van der Waals surface area contributed by atoms with Crippen LogP contribution in [0.3, 0.4) is 0 Å². The number of benzene rings is 2. The molecule has 0 bridgehead atoms. The van der Waals surface area contributed by atoms with E-state index in [0.717, 1.165) is 22.6 Å². The Bertz CT molecular complexity index is 739. The van der Waals surface area contributed by atoms with E-state index in [4.69, 9.17) is 4.74 Å². The lowest BCUT2D eigenvalue weighted by atomic mass is 9.98. The van der Waals surface area contributed by atoms with Gasteiger partial charge in [0.2, 0.25) is 5.91 Å². The van der Waals surface area contributed by atoms with E-state index in [0.29, 0.717) is 6.42 Å². The van der Waals surface area contributed by atoms with Crippen molar-refractivity contribution in [2.24, 2.45) is 5.10 Å². The van der Waals surface area contributed by atoms with Gasteiger partial charge in [-0.15, -0.1) is 0 Å². The Morgan fingerprint density at radius 2 is 1.83 bits per heavy atom. The Morgan fingerprint density at radius 1 is 1.17 bits per heavy atom. The zero-order chi connectivity index (χ0) is 16.4. The van der Waals surface area contributed by atoms with Gasteiger partial charge in [0.1, 0.15) is 11.6 Å². The van der Waals surface area contributed by atoms with Gasteiger partial charge in [-0.2, -0.15) is 5.10 Å². The normalized spacial score (nSPS) is 17.1. The Morgan fingerprint density at radius 3 is 2.39 bits per heavy atom. The fourth-order valence-corrected chi connectivity index (χ4v) is 2.70. The Balaban J connectivity index is 1.90. The number of nitrogens with zero attached hydrogens (tertiary/aromatic N) is 2. The Kier molecular flexibility index (Phi) is 4.10. The topological polar surface area (TPSA) is 41.9 Å². The average molecular weight is 312 g/mol. The minimum atomic E-state index is -0.294. The molecule has 0 N–H and O–H groups in total. The smallest absolute Gasteiger partial charge is 0.240 e. The summed E-state index contributed by atoms with van der Waals surface area (Å²) < 4.78 is 18.3. The van der Waals surface area contributed by atoms with Gasteiger partial charge in [0.25, 0.3) is 0 Å². The summed E-state index contributed by atoms with van der Waals surface area (Å²) in [5.74, 6) is 0.339. The average Bonchev–Trinajstić information content (AvgIpc) is 3.01. The molecule has 1 amide bonds. The van der Waals surface area contributed by atoms with Crippen molar-refractivity contribution in [3.63, 3.8) is 0 Å². The van der Waals surface area contributed by atoms with Crippen LogP contribution in [0, 0.1) is 5.82 Å². The summed E-state index contributed by atoms with van der Waals surface area (Å²) in [7, 11) is 1.62. The van der Waals surface area contributed by atoms with Crippen LogP contribution in [-0.4, -0.2) is 23.7 Å². The highest BCUT2D eigenvalue weighted by atomic mass is 19.1. The fraction of sp³-hybridized carbons (Fsp3) is 0.222. The molecule has 1 aliphatic rings. The molecule has 2 aromatic carbocycles. The van der Waals surface area contributed by atoms with Crippen LogP contribution in [0.15, 0.2) is 53.6 Å². The monoisotopic (exact) mass is 312 g/mol. The standard InChI is InChI=1S/C18H17FN2O2/c1-12(22)21-18(14-3-7-15(19)8-4-14)11-17(20-21)13-5-9-16(23-2)10-6-13/h3-10,18H,11H2,1-2H3/t18-/m1/s1. The lowest BCUT2D eigenvalue weighted by molar-refractivity contribution is -0.130. The summed E-state index contributed by atoms with van der Waals surface area (Å²) in [6.45, 7) is 1.48. The van der Waals surface area contributed by atoms with Crippen LogP contribution in [0.2, 0.25) is 0 Å². The highest BCUT2D eigenvalue weighted by Crippen LogP contribution is 2.33. The van der Waals surface area contributed by atoms with Crippen molar-refractivity contribution in [2.75, 3.05) is 7.11 Å². The van der Waals surface area contributed by atoms with Crippen molar-refractivity contribution < 1.29 is 13.9 Å². The highest BCUT2D eigenvalue weighted by Gasteiger charge is 2.31. The van der Waals surface area contributed by atoms with Crippen LogP contribution in [0.25, 0.3) is 0 Å². The maximum absolute atomic E-state index is 13.1. The third-order valence-electron chi connectivity index (χ3n) is 3.91. The molecule has 0 radical (unpaired) electrons. The molecule has 2 aromatic rings. The molecule has 0 aliphatic carbocycles. The first kappa shape index (κ1) is 15.2. The van der Waals surface area contributed by atoms with Crippen molar-refractivity contribution >= 4 is 11.6 Å². The molecule has 0 saturated carbocycles. The molecular formula is C18H17FN2O2. The van der Waals surface area contributed by atoms with Gasteiger partial charge in [-0.25, -0.2) is 9.40 Å². The second kappa shape index (κ2) is 6.20. The quantitative estimate of drug-likeness (QED) is 0.870. The molecule has 0 spiro atoms. The van der Waals surface area contributed by atoms with Gasteiger partial charge in [0.05, 0.1) is 18.9 Å². The zero-order valence-corrected chi connectivity index (χ0v) is 13.0. The van der Waals surface area contributed by atoms with Gasteiger partial charge in [-0.3, -0.25) is 4.79 Å². The molecule has 5 heteroatoms. The third kappa shape index (κ3) is 3.08. The second-order valence-corrected chi connectivity index (χ2v) is 5.41. The van der Waals surface area contributed by atoms with E-state index in [2.05, 4.69) is 5.10 Å². The number of carbonyl (C=O) groups is 1. The van der Waals surface area contributed by atoms with Crippen LogP contribution in [0.4, 0.5) is 4.39 Å². The zero-order valence-electron chi connectivity index (χ0n) is 13.0. The van der Waals surface area contributed by atoms with E-state index in [9.17, 15) is 9.18 Å². The summed E-state index contributed by atoms with van der Waals surface area (Å²) in [4.78, 5) is 11.9. The van der Waals surface area contributed by atoms with E-state index in [1.54, 1.807) is 19.2 Å². The number of hydrazone groups is 1. The van der Waals surface area contributed by atoms with Gasteiger partial charge >= 0.3 is 0 Å². The van der Waals surface area contributed by atoms with Crippen LogP contribution >= 0.6 is 0 Å². The van der Waals surface area contributed by atoms with E-state index in [1.165, 1.54) is 24.1 Å². The number of methoxy groups -OCH3 is 1. The van der Waals surface area contributed by atoms with Crippen molar-refractivity contribution in [1.82, 2.24) is 5.01 Å². The summed E-state index contributed by atoms with van der Waals surface area (Å²) in [5.41, 5.74) is 2.65. The SMILES string of the molecule is COc1ccc(C2=NN(C(C)=O)[C@@H](c3ccc(F)cc3)C2)cc1. The number of hydrogen-bond acceptors (Lipinski definition) is 3. The van der Waals surface area contributed by atoms with Crippen LogP contribution in [0.5, 0.6) is 5.75 Å². The minimum absolute atomic E-state index is 0.136. The van der Waals surface area contributed by atoms with Crippen LogP contribution in [-0.2, 0) is 4.79 Å². The van der Waals surface area contributed by atoms with Gasteiger partial charge in [-0.05, 0) is 47.5 Å². The molecule has 3 rings (SSSR count). The molecule has 0 fully saturated rings. The fourth-order valence-electron chi connectivity index (χ4n) is 2.70. The number of amides is 1. The van der Waals surface area contributed by atoms with Crippen molar-refractivity contribution in [3.8, 4) is 5.75 Å². The maximum atomic E-state index is 13.1. The van der Waals surface area contributed by atoms with Crippen LogP contribution < -0.4 is 4.74 Å². The predicted molar refractivity (Wildman–Crippen MR) is 85.8 cm³/mol. The molecule has 118 valence electrons. The number of hydrogen-bond donors (Lipinski definition) is 0. The Labute approximate surface area is 134 Å². The van der Waals surface area contributed by atoms with Crippen molar-refractivity contribution in [3.05, 3.63) is 65.5 Å². The molecule has 0 unspecified atom stereocenters. The minimum Gasteiger partial charge on any atom is -0.497 e. The molecule has 0 saturated heterocycles. The lowest BCUT2D eigenvalue weighted by Gasteiger charge is -2.20. The first-order chi connectivity index (χ1) is 11.1. The second-order valence-electron chi connectivity index (χ2n) is 5.41. The van der Waals surface area contributed by atoms with E-state index < -0.39 is 0 Å². The third-order valence-corrected chi connectivity index (χ3v) is 3.91.